The van der Waals surface area contributed by atoms with Gasteiger partial charge in [-0.2, -0.15) is 10.2 Å². The molecule has 7 nitrogen and oxygen atoms in total. The summed E-state index contributed by atoms with van der Waals surface area (Å²) in [5.41, 5.74) is 2.91. The lowest BCUT2D eigenvalue weighted by Gasteiger charge is -2.22. The molecular formula is C19H18N6OS. The van der Waals surface area contributed by atoms with E-state index < -0.39 is 0 Å². The van der Waals surface area contributed by atoms with Crippen molar-refractivity contribution in [2.45, 2.75) is 6.92 Å². The molecule has 3 aromatic heterocycles. The maximum absolute atomic E-state index is 12.6. The number of nitrogens with zero attached hydrogens (tertiary/aromatic N) is 3. The first-order chi connectivity index (χ1) is 13.2. The van der Waals surface area contributed by atoms with Gasteiger partial charge in [-0.3, -0.25) is 15.0 Å². The Hall–Kier alpha value is -3.39. The molecule has 0 saturated heterocycles. The number of nitrogens with one attached hydrogen (secondary N) is 3. The Kier molecular flexibility index (Phi) is 4.71. The average molecular weight is 378 g/mol. The zero-order valence-electron chi connectivity index (χ0n) is 14.6. The highest BCUT2D eigenvalue weighted by Crippen LogP contribution is 2.26. The molecule has 4 rings (SSSR count). The number of hydrogen-bond donors (Lipinski definition) is 3. The summed E-state index contributed by atoms with van der Waals surface area (Å²) >= 11 is 1.61. The van der Waals surface area contributed by atoms with Crippen molar-refractivity contribution in [3.8, 4) is 10.6 Å². The monoisotopic (exact) mass is 378 g/mol. The topological polar surface area (TPSA) is 89.7 Å². The summed E-state index contributed by atoms with van der Waals surface area (Å²) in [6, 6.07) is 15.6. The van der Waals surface area contributed by atoms with Crippen molar-refractivity contribution in [2.24, 2.45) is 0 Å². The van der Waals surface area contributed by atoms with Crippen LogP contribution >= 0.6 is 11.3 Å². The molecule has 8 heteroatoms. The van der Waals surface area contributed by atoms with Gasteiger partial charge in [0.25, 0.3) is 0 Å². The van der Waals surface area contributed by atoms with E-state index in [1.165, 1.54) is 0 Å². The van der Waals surface area contributed by atoms with Gasteiger partial charge in [-0.05, 0) is 36.1 Å². The number of aromatic nitrogens is 4. The molecule has 0 aliphatic rings. The molecule has 3 heterocycles. The van der Waals surface area contributed by atoms with Gasteiger partial charge in [0.1, 0.15) is 12.4 Å². The van der Waals surface area contributed by atoms with Crippen molar-refractivity contribution in [2.75, 3.05) is 16.8 Å². The lowest BCUT2D eigenvalue weighted by molar-refractivity contribution is -0.114. The summed E-state index contributed by atoms with van der Waals surface area (Å²) < 4.78 is 0. The van der Waals surface area contributed by atoms with Crippen LogP contribution in [0.1, 0.15) is 5.56 Å². The molecular weight excluding hydrogens is 360 g/mol. The predicted octanol–water partition coefficient (Wildman–Crippen LogP) is 3.95. The molecule has 0 spiro atoms. The standard InChI is InChI=1S/C19H18N6OS/c1-13-4-2-5-14(10-13)25(18-7-8-20-24-18)12-19(26)21-17-11-15(22-23-17)16-6-3-9-27-16/h2-11H,12H2,1H3,(H,20,24)(H2,21,22,23,26). The van der Waals surface area contributed by atoms with E-state index in [9.17, 15) is 4.79 Å². The minimum absolute atomic E-state index is 0.132. The van der Waals surface area contributed by atoms with E-state index in [4.69, 9.17) is 0 Å². The van der Waals surface area contributed by atoms with Gasteiger partial charge in [0, 0.05) is 17.8 Å². The van der Waals surface area contributed by atoms with Crippen LogP contribution in [0.3, 0.4) is 0 Å². The molecule has 27 heavy (non-hydrogen) atoms. The number of aryl methyl sites for hydroxylation is 1. The van der Waals surface area contributed by atoms with Crippen molar-refractivity contribution in [3.05, 3.63) is 65.7 Å². The number of hydrogen-bond acceptors (Lipinski definition) is 5. The van der Waals surface area contributed by atoms with Gasteiger partial charge in [0.15, 0.2) is 5.82 Å². The Morgan fingerprint density at radius 2 is 2.11 bits per heavy atom. The van der Waals surface area contributed by atoms with Crippen LogP contribution in [-0.4, -0.2) is 32.8 Å². The van der Waals surface area contributed by atoms with Crippen LogP contribution in [-0.2, 0) is 4.79 Å². The number of benzene rings is 1. The maximum Gasteiger partial charge on any atom is 0.245 e. The molecule has 136 valence electrons. The molecule has 1 aromatic carbocycles. The van der Waals surface area contributed by atoms with Crippen molar-refractivity contribution in [3.63, 3.8) is 0 Å². The zero-order valence-corrected chi connectivity index (χ0v) is 15.5. The highest BCUT2D eigenvalue weighted by molar-refractivity contribution is 7.13. The lowest BCUT2D eigenvalue weighted by Crippen LogP contribution is -2.30. The molecule has 0 aliphatic heterocycles. The fourth-order valence-corrected chi connectivity index (χ4v) is 3.47. The zero-order chi connectivity index (χ0) is 18.6. The van der Waals surface area contributed by atoms with E-state index in [-0.39, 0.29) is 12.5 Å². The first kappa shape index (κ1) is 17.0. The summed E-state index contributed by atoms with van der Waals surface area (Å²) in [7, 11) is 0. The molecule has 4 aromatic rings. The number of carbonyl (C=O) groups excluding carboxylic acids is 1. The molecule has 0 atom stereocenters. The van der Waals surface area contributed by atoms with Crippen molar-refractivity contribution in [1.82, 2.24) is 20.4 Å². The van der Waals surface area contributed by atoms with Crippen LogP contribution in [0.2, 0.25) is 0 Å². The molecule has 3 N–H and O–H groups in total. The lowest BCUT2D eigenvalue weighted by atomic mass is 10.2. The number of anilines is 3. The molecule has 0 aliphatic carbocycles. The highest BCUT2D eigenvalue weighted by atomic mass is 32.1. The van der Waals surface area contributed by atoms with E-state index >= 15 is 0 Å². The van der Waals surface area contributed by atoms with Crippen LogP contribution < -0.4 is 10.2 Å². The van der Waals surface area contributed by atoms with E-state index in [0.717, 1.165) is 27.6 Å². The molecule has 0 unspecified atom stereocenters. The van der Waals surface area contributed by atoms with Gasteiger partial charge >= 0.3 is 0 Å². The third kappa shape index (κ3) is 3.90. The van der Waals surface area contributed by atoms with Crippen molar-refractivity contribution >= 4 is 34.6 Å². The SMILES string of the molecule is Cc1cccc(N(CC(=O)Nc2cc(-c3cccs3)[nH]n2)c2ccn[nH]2)c1. The number of amides is 1. The molecule has 0 bridgehead atoms. The second kappa shape index (κ2) is 7.46. The second-order valence-electron chi connectivity index (χ2n) is 6.06. The molecule has 0 radical (unpaired) electrons. The minimum atomic E-state index is -0.171. The fraction of sp³-hybridized carbons (Fsp3) is 0.105. The van der Waals surface area contributed by atoms with E-state index in [1.807, 2.05) is 65.7 Å². The number of rotatable bonds is 6. The summed E-state index contributed by atoms with van der Waals surface area (Å²) in [6.45, 7) is 2.15. The van der Waals surface area contributed by atoms with Crippen molar-refractivity contribution in [1.29, 1.82) is 0 Å². The summed E-state index contributed by atoms with van der Waals surface area (Å²) in [4.78, 5) is 15.6. The molecule has 0 fully saturated rings. The van der Waals surface area contributed by atoms with E-state index in [2.05, 4.69) is 25.7 Å². The second-order valence-corrected chi connectivity index (χ2v) is 7.01. The van der Waals surface area contributed by atoms with Crippen molar-refractivity contribution < 1.29 is 4.79 Å². The van der Waals surface area contributed by atoms with Crippen LogP contribution in [0.4, 0.5) is 17.3 Å². The Labute approximate surface area is 160 Å². The van der Waals surface area contributed by atoms with Gasteiger partial charge in [0.2, 0.25) is 5.91 Å². The maximum atomic E-state index is 12.6. The van der Waals surface area contributed by atoms with Crippen LogP contribution in [0.25, 0.3) is 10.6 Å². The van der Waals surface area contributed by atoms with Gasteiger partial charge in [-0.1, -0.05) is 18.2 Å². The smallest absolute Gasteiger partial charge is 0.245 e. The Morgan fingerprint density at radius 1 is 1.19 bits per heavy atom. The van der Waals surface area contributed by atoms with Crippen LogP contribution in [0.5, 0.6) is 0 Å². The van der Waals surface area contributed by atoms with E-state index in [1.54, 1.807) is 17.5 Å². The minimum Gasteiger partial charge on any atom is -0.317 e. The van der Waals surface area contributed by atoms with Gasteiger partial charge in [0.05, 0.1) is 16.8 Å². The fourth-order valence-electron chi connectivity index (χ4n) is 2.78. The number of carbonyl (C=O) groups is 1. The normalized spacial score (nSPS) is 10.7. The van der Waals surface area contributed by atoms with Crippen LogP contribution in [0.15, 0.2) is 60.1 Å². The number of H-pyrrole nitrogens is 2. The molecule has 0 saturated carbocycles. The summed E-state index contributed by atoms with van der Waals surface area (Å²) in [6.07, 6.45) is 1.66. The Balaban J connectivity index is 1.51. The van der Waals surface area contributed by atoms with Gasteiger partial charge < -0.3 is 10.2 Å². The van der Waals surface area contributed by atoms with Gasteiger partial charge in [-0.25, -0.2) is 0 Å². The molecule has 1 amide bonds. The van der Waals surface area contributed by atoms with E-state index in [0.29, 0.717) is 5.82 Å². The average Bonchev–Trinajstić information content (AvgIpc) is 3.40. The third-order valence-electron chi connectivity index (χ3n) is 4.02. The number of thiophene rings is 1. The van der Waals surface area contributed by atoms with Crippen LogP contribution in [0, 0.1) is 6.92 Å². The van der Waals surface area contributed by atoms with Gasteiger partial charge in [-0.15, -0.1) is 11.3 Å². The summed E-state index contributed by atoms with van der Waals surface area (Å²) in [5.74, 6) is 1.07. The first-order valence-electron chi connectivity index (χ1n) is 8.42. The Morgan fingerprint density at radius 3 is 2.85 bits per heavy atom. The Bertz CT molecular complexity index is 1020. The predicted molar refractivity (Wildman–Crippen MR) is 107 cm³/mol. The highest BCUT2D eigenvalue weighted by Gasteiger charge is 2.16. The quantitative estimate of drug-likeness (QED) is 0.474. The largest absolute Gasteiger partial charge is 0.317 e. The third-order valence-corrected chi connectivity index (χ3v) is 4.93. The summed E-state index contributed by atoms with van der Waals surface area (Å²) in [5, 5.41) is 18.9. The number of aromatic amines is 2. The first-order valence-corrected chi connectivity index (χ1v) is 9.30.